The van der Waals surface area contributed by atoms with Crippen LogP contribution in [-0.4, -0.2) is 15.5 Å². The second kappa shape index (κ2) is 8.55. The van der Waals surface area contributed by atoms with Crippen LogP contribution in [0.3, 0.4) is 0 Å². The van der Waals surface area contributed by atoms with E-state index in [0.29, 0.717) is 10.8 Å². The summed E-state index contributed by atoms with van der Waals surface area (Å²) in [6.45, 7) is 12.7. The Balaban J connectivity index is 1.29. The first-order valence-electron chi connectivity index (χ1n) is 14.5. The van der Waals surface area contributed by atoms with Crippen LogP contribution in [0.5, 0.6) is 0 Å². The SMILES string of the molecule is CC(C)CCC[C@@H](C)C1CCC2C3CC[C@H]4C[C@]5(CC[C@]4(C)C3CC[C@@]21C)CC(O)C5(Cl)Cl. The summed E-state index contributed by atoms with van der Waals surface area (Å²) in [6, 6.07) is 0. The fourth-order valence-electron chi connectivity index (χ4n) is 10.7. The molecule has 190 valence electrons. The second-order valence-corrected chi connectivity index (χ2v) is 15.9. The molecule has 0 aromatic carbocycles. The van der Waals surface area contributed by atoms with Crippen molar-refractivity contribution in [2.24, 2.45) is 57.7 Å². The number of aliphatic hydroxyl groups is 1. The Labute approximate surface area is 214 Å². The Hall–Kier alpha value is 0.540. The summed E-state index contributed by atoms with van der Waals surface area (Å²) in [6.07, 6.45) is 16.7. The Kier molecular flexibility index (Phi) is 6.53. The van der Waals surface area contributed by atoms with Gasteiger partial charge in [-0.2, -0.15) is 0 Å². The molecule has 1 nitrogen and oxygen atoms in total. The van der Waals surface area contributed by atoms with Crippen molar-refractivity contribution in [3.63, 3.8) is 0 Å². The van der Waals surface area contributed by atoms with Gasteiger partial charge in [0.1, 0.15) is 4.33 Å². The standard InChI is InChI=1S/C30H50Cl2O/c1-19(2)7-6-8-20(3)23-11-12-24-22-10-9-21-17-29(18-26(33)30(29,31)32)16-15-27(21,4)25(22)13-14-28(23,24)5/h19-26,33H,6-18H2,1-5H3/t20-,21+,22?,23?,24?,25?,26?,27+,28-,29-/m1/s1. The van der Waals surface area contributed by atoms with Gasteiger partial charge >= 0.3 is 0 Å². The number of hydrogen-bond donors (Lipinski definition) is 1. The van der Waals surface area contributed by atoms with E-state index in [1.807, 2.05) is 0 Å². The number of rotatable bonds is 5. The highest BCUT2D eigenvalue weighted by atomic mass is 35.5. The molecule has 5 fully saturated rings. The van der Waals surface area contributed by atoms with E-state index in [2.05, 4.69) is 34.6 Å². The lowest BCUT2D eigenvalue weighted by Gasteiger charge is -2.67. The second-order valence-electron chi connectivity index (χ2n) is 14.5. The highest BCUT2D eigenvalue weighted by molar-refractivity contribution is 6.50. The fourth-order valence-corrected chi connectivity index (χ4v) is 11.4. The first-order valence-corrected chi connectivity index (χ1v) is 15.3. The zero-order valence-corrected chi connectivity index (χ0v) is 23.5. The van der Waals surface area contributed by atoms with Gasteiger partial charge in [0.25, 0.3) is 0 Å². The third kappa shape index (κ3) is 3.70. The van der Waals surface area contributed by atoms with E-state index in [4.69, 9.17) is 23.2 Å². The van der Waals surface area contributed by atoms with Gasteiger partial charge in [0.15, 0.2) is 0 Å². The molecule has 0 bridgehead atoms. The number of halogens is 2. The Bertz CT molecular complexity index is 735. The Morgan fingerprint density at radius 1 is 0.818 bits per heavy atom. The average molecular weight is 498 g/mol. The quantitative estimate of drug-likeness (QED) is 0.376. The Morgan fingerprint density at radius 3 is 2.21 bits per heavy atom. The van der Waals surface area contributed by atoms with E-state index < -0.39 is 10.4 Å². The van der Waals surface area contributed by atoms with E-state index in [0.717, 1.165) is 60.7 Å². The minimum atomic E-state index is -0.916. The van der Waals surface area contributed by atoms with Gasteiger partial charge in [-0.3, -0.25) is 0 Å². The molecular weight excluding hydrogens is 447 g/mol. The molecule has 10 atom stereocenters. The minimum absolute atomic E-state index is 0.0282. The minimum Gasteiger partial charge on any atom is -0.390 e. The number of hydrogen-bond acceptors (Lipinski definition) is 1. The first kappa shape index (κ1) is 25.2. The van der Waals surface area contributed by atoms with Crippen molar-refractivity contribution < 1.29 is 5.11 Å². The van der Waals surface area contributed by atoms with E-state index in [1.54, 1.807) is 0 Å². The summed E-state index contributed by atoms with van der Waals surface area (Å²) in [5.41, 5.74) is 1.01. The van der Waals surface area contributed by atoms with Gasteiger partial charge in [-0.25, -0.2) is 0 Å². The van der Waals surface area contributed by atoms with Crippen LogP contribution in [0.25, 0.3) is 0 Å². The van der Waals surface area contributed by atoms with Crippen LogP contribution in [0.2, 0.25) is 0 Å². The molecule has 5 aliphatic rings. The molecule has 0 radical (unpaired) electrons. The predicted molar refractivity (Wildman–Crippen MR) is 141 cm³/mol. The molecule has 0 amide bonds. The van der Waals surface area contributed by atoms with Crippen molar-refractivity contribution in [2.45, 2.75) is 129 Å². The van der Waals surface area contributed by atoms with Gasteiger partial charge in [0.2, 0.25) is 0 Å². The fraction of sp³-hybridized carbons (Fsp3) is 1.00. The van der Waals surface area contributed by atoms with Crippen LogP contribution in [0.15, 0.2) is 0 Å². The predicted octanol–water partition coefficient (Wildman–Crippen LogP) is 9.03. The molecular formula is C30H50Cl2O. The summed E-state index contributed by atoms with van der Waals surface area (Å²) < 4.78 is -0.916. The summed E-state index contributed by atoms with van der Waals surface area (Å²) in [5, 5.41) is 10.3. The molecule has 0 heterocycles. The molecule has 3 heteroatoms. The maximum atomic E-state index is 10.3. The zero-order chi connectivity index (χ0) is 23.8. The van der Waals surface area contributed by atoms with Crippen molar-refractivity contribution in [2.75, 3.05) is 0 Å². The molecule has 1 N–H and O–H groups in total. The van der Waals surface area contributed by atoms with E-state index in [9.17, 15) is 5.11 Å². The lowest BCUT2D eigenvalue weighted by molar-refractivity contribution is -0.166. The maximum absolute atomic E-state index is 10.3. The number of aliphatic hydroxyl groups excluding tert-OH is 1. The van der Waals surface area contributed by atoms with Crippen molar-refractivity contribution in [1.82, 2.24) is 0 Å². The molecule has 1 spiro atoms. The lowest BCUT2D eigenvalue weighted by atomic mass is 9.41. The van der Waals surface area contributed by atoms with Crippen LogP contribution in [0, 0.1) is 57.7 Å². The molecule has 0 aromatic heterocycles. The third-order valence-electron chi connectivity index (χ3n) is 12.8. The summed E-state index contributed by atoms with van der Waals surface area (Å²) in [5.74, 6) is 6.21. The van der Waals surface area contributed by atoms with Crippen molar-refractivity contribution >= 4 is 23.2 Å². The van der Waals surface area contributed by atoms with Gasteiger partial charge in [-0.15, -0.1) is 0 Å². The number of alkyl halides is 2. The topological polar surface area (TPSA) is 20.2 Å². The van der Waals surface area contributed by atoms with E-state index in [1.165, 1.54) is 64.2 Å². The molecule has 5 aliphatic carbocycles. The monoisotopic (exact) mass is 496 g/mol. The lowest BCUT2D eigenvalue weighted by Crippen LogP contribution is -2.65. The van der Waals surface area contributed by atoms with Gasteiger partial charge in [-0.1, -0.05) is 77.1 Å². The largest absolute Gasteiger partial charge is 0.390 e. The van der Waals surface area contributed by atoms with Gasteiger partial charge < -0.3 is 5.11 Å². The van der Waals surface area contributed by atoms with Crippen molar-refractivity contribution in [1.29, 1.82) is 0 Å². The summed E-state index contributed by atoms with van der Waals surface area (Å²) in [4.78, 5) is 0. The normalized spacial score (nSPS) is 51.5. The molecule has 0 aromatic rings. The van der Waals surface area contributed by atoms with Gasteiger partial charge in [-0.05, 0) is 116 Å². The van der Waals surface area contributed by atoms with Crippen LogP contribution < -0.4 is 0 Å². The molecule has 5 unspecified atom stereocenters. The van der Waals surface area contributed by atoms with Crippen molar-refractivity contribution in [3.8, 4) is 0 Å². The molecule has 0 saturated heterocycles. The average Bonchev–Trinajstić information content (AvgIpc) is 3.11. The molecule has 33 heavy (non-hydrogen) atoms. The maximum Gasteiger partial charge on any atom is 0.149 e. The number of fused-ring (bicyclic) bond motifs is 5. The van der Waals surface area contributed by atoms with Crippen LogP contribution in [0.1, 0.15) is 118 Å². The molecule has 0 aliphatic heterocycles. The first-order chi connectivity index (χ1) is 15.4. The summed E-state index contributed by atoms with van der Waals surface area (Å²) >= 11 is 13.4. The smallest absolute Gasteiger partial charge is 0.149 e. The van der Waals surface area contributed by atoms with Crippen LogP contribution >= 0.6 is 23.2 Å². The van der Waals surface area contributed by atoms with Crippen LogP contribution in [0.4, 0.5) is 0 Å². The summed E-state index contributed by atoms with van der Waals surface area (Å²) in [7, 11) is 0. The van der Waals surface area contributed by atoms with Crippen LogP contribution in [-0.2, 0) is 0 Å². The Morgan fingerprint density at radius 2 is 1.55 bits per heavy atom. The van der Waals surface area contributed by atoms with Gasteiger partial charge in [0, 0.05) is 5.41 Å². The molecule has 5 rings (SSSR count). The highest BCUT2D eigenvalue weighted by Gasteiger charge is 2.69. The highest BCUT2D eigenvalue weighted by Crippen LogP contribution is 2.73. The van der Waals surface area contributed by atoms with Gasteiger partial charge in [0.05, 0.1) is 6.10 Å². The molecule has 5 saturated carbocycles. The third-order valence-corrected chi connectivity index (χ3v) is 14.1. The van der Waals surface area contributed by atoms with Crippen molar-refractivity contribution in [3.05, 3.63) is 0 Å². The van der Waals surface area contributed by atoms with E-state index >= 15 is 0 Å². The zero-order valence-electron chi connectivity index (χ0n) is 22.0. The van der Waals surface area contributed by atoms with E-state index in [-0.39, 0.29) is 5.41 Å².